The highest BCUT2D eigenvalue weighted by Gasteiger charge is 2.27. The zero-order valence-corrected chi connectivity index (χ0v) is 20.0. The van der Waals surface area contributed by atoms with Crippen LogP contribution in [0.25, 0.3) is 0 Å². The molecular formula is C25H20N8O6. The Morgan fingerprint density at radius 1 is 0.718 bits per heavy atom. The summed E-state index contributed by atoms with van der Waals surface area (Å²) in [5, 5.41) is 22.8. The van der Waals surface area contributed by atoms with Crippen molar-refractivity contribution >= 4 is 34.8 Å². The maximum absolute atomic E-state index is 13.2. The quantitative estimate of drug-likeness (QED) is 0.175. The van der Waals surface area contributed by atoms with Gasteiger partial charge in [-0.1, -0.05) is 66.7 Å². The molecule has 0 fully saturated rings. The van der Waals surface area contributed by atoms with E-state index < -0.39 is 39.1 Å². The van der Waals surface area contributed by atoms with Crippen LogP contribution in [0.15, 0.2) is 91.3 Å². The van der Waals surface area contributed by atoms with E-state index in [1.807, 2.05) is 12.1 Å². The van der Waals surface area contributed by atoms with Crippen molar-refractivity contribution in [3.05, 3.63) is 128 Å². The molecule has 1 aromatic heterocycles. The number of carbonyl (C=O) groups excluding carboxylic acids is 2. The normalized spacial score (nSPS) is 10.4. The molecule has 0 bridgehead atoms. The minimum atomic E-state index is -0.803. The molecule has 39 heavy (non-hydrogen) atoms. The standard InChI is InChI=1S/C25H20N8O6/c34-24(18-12-7-13-19(14-18)32(36)37)30-28-22-21(33(38)39)23(27-15-26-22)29-31-25(35)20(16-8-3-1-4-9-16)17-10-5-2-6-11-17/h1-15,20H,(H,30,34)(H,31,35)(H2,26,27,28,29). The van der Waals surface area contributed by atoms with Crippen LogP contribution in [0.3, 0.4) is 0 Å². The Morgan fingerprint density at radius 3 is 1.82 bits per heavy atom. The number of amides is 2. The Balaban J connectivity index is 1.52. The molecule has 0 unspecified atom stereocenters. The number of non-ortho nitro benzene ring substituents is 1. The molecule has 4 N–H and O–H groups in total. The summed E-state index contributed by atoms with van der Waals surface area (Å²) >= 11 is 0. The Labute approximate surface area is 220 Å². The first kappa shape index (κ1) is 26.2. The van der Waals surface area contributed by atoms with Gasteiger partial charge in [-0.15, -0.1) is 0 Å². The number of carbonyl (C=O) groups is 2. The molecule has 0 aliphatic rings. The summed E-state index contributed by atoms with van der Waals surface area (Å²) in [5.41, 5.74) is 9.84. The highest BCUT2D eigenvalue weighted by molar-refractivity contribution is 5.95. The second kappa shape index (κ2) is 11.9. The number of aromatic nitrogens is 2. The first-order valence-corrected chi connectivity index (χ1v) is 11.3. The SMILES string of the molecule is O=C(NNc1ncnc(NNC(=O)C(c2ccccc2)c2ccccc2)c1[N+](=O)[O-])c1cccc([N+](=O)[O-])c1. The number of hydrazine groups is 2. The van der Waals surface area contributed by atoms with Gasteiger partial charge in [0, 0.05) is 17.7 Å². The molecule has 14 heteroatoms. The number of benzene rings is 3. The lowest BCUT2D eigenvalue weighted by molar-refractivity contribution is -0.384. The van der Waals surface area contributed by atoms with Crippen molar-refractivity contribution in [1.82, 2.24) is 20.8 Å². The van der Waals surface area contributed by atoms with Gasteiger partial charge in [0.1, 0.15) is 6.33 Å². The largest absolute Gasteiger partial charge is 0.356 e. The fraction of sp³-hybridized carbons (Fsp3) is 0.0400. The number of nitrogens with zero attached hydrogens (tertiary/aromatic N) is 4. The highest BCUT2D eigenvalue weighted by atomic mass is 16.6. The van der Waals surface area contributed by atoms with Crippen LogP contribution in [0.4, 0.5) is 23.0 Å². The summed E-state index contributed by atoms with van der Waals surface area (Å²) in [5.74, 6) is -2.78. The van der Waals surface area contributed by atoms with Crippen LogP contribution in [0.1, 0.15) is 27.4 Å². The zero-order valence-electron chi connectivity index (χ0n) is 20.0. The predicted octanol–water partition coefficient (Wildman–Crippen LogP) is 3.33. The summed E-state index contributed by atoms with van der Waals surface area (Å²) in [6, 6.07) is 22.9. The molecule has 0 atom stereocenters. The van der Waals surface area contributed by atoms with Gasteiger partial charge in [-0.05, 0) is 17.2 Å². The third-order valence-electron chi connectivity index (χ3n) is 5.45. The van der Waals surface area contributed by atoms with Crippen LogP contribution in [0.5, 0.6) is 0 Å². The predicted molar refractivity (Wildman–Crippen MR) is 139 cm³/mol. The zero-order chi connectivity index (χ0) is 27.8. The number of hydrogen-bond donors (Lipinski definition) is 4. The van der Waals surface area contributed by atoms with Gasteiger partial charge in [0.2, 0.25) is 17.5 Å². The molecule has 0 radical (unpaired) electrons. The van der Waals surface area contributed by atoms with Gasteiger partial charge in [0.25, 0.3) is 11.6 Å². The van der Waals surface area contributed by atoms with E-state index in [0.717, 1.165) is 12.4 Å². The van der Waals surface area contributed by atoms with Crippen LogP contribution >= 0.6 is 0 Å². The Bertz CT molecular complexity index is 1480. The maximum Gasteiger partial charge on any atom is 0.356 e. The third-order valence-corrected chi connectivity index (χ3v) is 5.45. The number of rotatable bonds is 10. The molecule has 4 aromatic rings. The number of nitro groups is 2. The van der Waals surface area contributed by atoms with E-state index in [4.69, 9.17) is 0 Å². The molecule has 0 spiro atoms. The fourth-order valence-electron chi connectivity index (χ4n) is 3.66. The summed E-state index contributed by atoms with van der Waals surface area (Å²) < 4.78 is 0. The molecule has 4 rings (SSSR count). The van der Waals surface area contributed by atoms with Gasteiger partial charge >= 0.3 is 5.69 Å². The van der Waals surface area contributed by atoms with Crippen molar-refractivity contribution in [2.24, 2.45) is 0 Å². The van der Waals surface area contributed by atoms with Gasteiger partial charge in [-0.25, -0.2) is 9.97 Å². The number of hydrogen-bond acceptors (Lipinski definition) is 10. The van der Waals surface area contributed by atoms with Gasteiger partial charge in [-0.2, -0.15) is 0 Å². The first-order chi connectivity index (χ1) is 18.8. The topological polar surface area (TPSA) is 194 Å². The van der Waals surface area contributed by atoms with Gasteiger partial charge in [-0.3, -0.25) is 51.5 Å². The van der Waals surface area contributed by atoms with Crippen molar-refractivity contribution in [3.8, 4) is 0 Å². The minimum absolute atomic E-state index is 0.0631. The highest BCUT2D eigenvalue weighted by Crippen LogP contribution is 2.29. The van der Waals surface area contributed by atoms with E-state index in [1.165, 1.54) is 18.2 Å². The lowest BCUT2D eigenvalue weighted by Gasteiger charge is -2.18. The van der Waals surface area contributed by atoms with E-state index in [-0.39, 0.29) is 17.1 Å². The van der Waals surface area contributed by atoms with Crippen molar-refractivity contribution in [2.45, 2.75) is 5.92 Å². The Kier molecular flexibility index (Phi) is 7.96. The van der Waals surface area contributed by atoms with Gasteiger partial charge in [0.15, 0.2) is 0 Å². The van der Waals surface area contributed by atoms with Crippen LogP contribution in [0.2, 0.25) is 0 Å². The summed E-state index contributed by atoms with van der Waals surface area (Å²) in [6.45, 7) is 0. The van der Waals surface area contributed by atoms with Crippen LogP contribution in [-0.4, -0.2) is 31.6 Å². The molecule has 2 amide bonds. The third kappa shape index (κ3) is 6.26. The summed E-state index contributed by atoms with van der Waals surface area (Å²) in [6.07, 6.45) is 0.981. The molecule has 0 saturated carbocycles. The van der Waals surface area contributed by atoms with E-state index in [1.54, 1.807) is 48.5 Å². The molecule has 14 nitrogen and oxygen atoms in total. The van der Waals surface area contributed by atoms with E-state index >= 15 is 0 Å². The van der Waals surface area contributed by atoms with Crippen LogP contribution in [-0.2, 0) is 4.79 Å². The molecule has 1 heterocycles. The van der Waals surface area contributed by atoms with Gasteiger partial charge < -0.3 is 0 Å². The average Bonchev–Trinajstić information content (AvgIpc) is 2.96. The molecule has 0 saturated heterocycles. The van der Waals surface area contributed by atoms with Crippen LogP contribution < -0.4 is 21.7 Å². The molecule has 3 aromatic carbocycles. The molecule has 196 valence electrons. The lowest BCUT2D eigenvalue weighted by atomic mass is 9.91. The Morgan fingerprint density at radius 2 is 1.28 bits per heavy atom. The second-order valence-corrected chi connectivity index (χ2v) is 7.93. The number of anilines is 2. The van der Waals surface area contributed by atoms with Crippen molar-refractivity contribution < 1.29 is 19.4 Å². The first-order valence-electron chi connectivity index (χ1n) is 11.3. The Hall–Kier alpha value is -5.92. The lowest BCUT2D eigenvalue weighted by Crippen LogP contribution is -2.35. The van der Waals surface area contributed by atoms with E-state index in [9.17, 15) is 29.8 Å². The van der Waals surface area contributed by atoms with Crippen LogP contribution in [0, 0.1) is 20.2 Å². The van der Waals surface area contributed by atoms with Gasteiger partial charge in [0.05, 0.1) is 15.8 Å². The minimum Gasteiger partial charge on any atom is -0.276 e. The number of nitrogens with one attached hydrogen (secondary N) is 4. The maximum atomic E-state index is 13.2. The molecule has 0 aliphatic heterocycles. The molecule has 0 aliphatic carbocycles. The van der Waals surface area contributed by atoms with Crippen molar-refractivity contribution in [2.75, 3.05) is 10.9 Å². The average molecular weight is 528 g/mol. The van der Waals surface area contributed by atoms with Crippen molar-refractivity contribution in [3.63, 3.8) is 0 Å². The van der Waals surface area contributed by atoms with Crippen molar-refractivity contribution in [1.29, 1.82) is 0 Å². The van der Waals surface area contributed by atoms with E-state index in [0.29, 0.717) is 11.1 Å². The number of nitro benzene ring substituents is 1. The molecular weight excluding hydrogens is 508 g/mol. The monoisotopic (exact) mass is 528 g/mol. The second-order valence-electron chi connectivity index (χ2n) is 7.93. The van der Waals surface area contributed by atoms with E-state index in [2.05, 4.69) is 31.7 Å². The fourth-order valence-corrected chi connectivity index (χ4v) is 3.66. The summed E-state index contributed by atoms with van der Waals surface area (Å²) in [4.78, 5) is 54.6. The smallest absolute Gasteiger partial charge is 0.276 e. The summed E-state index contributed by atoms with van der Waals surface area (Å²) in [7, 11) is 0.